The van der Waals surface area contributed by atoms with Crippen molar-refractivity contribution in [3.63, 3.8) is 0 Å². The van der Waals surface area contributed by atoms with E-state index >= 15 is 0 Å². The number of alkyl halides is 6. The highest BCUT2D eigenvalue weighted by atomic mass is 32.2. The van der Waals surface area contributed by atoms with Crippen LogP contribution in [0, 0.1) is 11.3 Å². The summed E-state index contributed by atoms with van der Waals surface area (Å²) >= 11 is 0.660. The molecule has 0 spiro atoms. The Morgan fingerprint density at radius 1 is 1.00 bits per heavy atom. The average molecular weight is 367 g/mol. The first-order valence-electron chi connectivity index (χ1n) is 7.06. The van der Waals surface area contributed by atoms with Gasteiger partial charge in [0.1, 0.15) is 0 Å². The quantitative estimate of drug-likeness (QED) is 0.649. The molecule has 0 fully saturated rings. The van der Waals surface area contributed by atoms with Crippen molar-refractivity contribution < 1.29 is 31.1 Å². The topological polar surface area (TPSA) is 43.1 Å². The van der Waals surface area contributed by atoms with Gasteiger partial charge in [0.2, 0.25) is 5.91 Å². The highest BCUT2D eigenvalue weighted by Crippen LogP contribution is 2.45. The van der Waals surface area contributed by atoms with Crippen molar-refractivity contribution in [2.45, 2.75) is 64.1 Å². The number of halogens is 6. The van der Waals surface area contributed by atoms with E-state index in [2.05, 4.69) is 0 Å². The van der Waals surface area contributed by atoms with Crippen molar-refractivity contribution in [2.75, 3.05) is 5.75 Å². The molecule has 0 radical (unpaired) electrons. The lowest BCUT2D eigenvalue weighted by Crippen LogP contribution is -2.41. The first-order valence-corrected chi connectivity index (χ1v) is 8.05. The Bertz CT molecular complexity index is 388. The van der Waals surface area contributed by atoms with Gasteiger partial charge in [-0.15, -0.1) is 11.8 Å². The van der Waals surface area contributed by atoms with Crippen LogP contribution in [0.25, 0.3) is 0 Å². The van der Waals surface area contributed by atoms with Crippen LogP contribution in [0.3, 0.4) is 0 Å². The standard InChI is InChI=1S/C14H23F6NOS/c1-11(2,3)9(14(18,19)20)5-6-12(4,10(21)22)23-8-7-13(15,16)17/h9H,5-8H2,1-4H3,(H2,21,22). The van der Waals surface area contributed by atoms with Gasteiger partial charge in [-0.3, -0.25) is 4.79 Å². The first-order chi connectivity index (χ1) is 9.99. The molecule has 0 saturated heterocycles. The summed E-state index contributed by atoms with van der Waals surface area (Å²) in [5.74, 6) is -2.99. The second-order valence-corrected chi connectivity index (χ2v) is 8.41. The Morgan fingerprint density at radius 2 is 1.48 bits per heavy atom. The van der Waals surface area contributed by atoms with Crippen LogP contribution in [0.5, 0.6) is 0 Å². The van der Waals surface area contributed by atoms with E-state index in [0.717, 1.165) is 0 Å². The van der Waals surface area contributed by atoms with Crippen LogP contribution in [0.15, 0.2) is 0 Å². The van der Waals surface area contributed by atoms with E-state index in [1.54, 1.807) is 0 Å². The Morgan fingerprint density at radius 3 is 1.78 bits per heavy atom. The normalized spacial score (nSPS) is 17.7. The maximum Gasteiger partial charge on any atom is 0.392 e. The minimum absolute atomic E-state index is 0.230. The van der Waals surface area contributed by atoms with E-state index < -0.39 is 46.5 Å². The van der Waals surface area contributed by atoms with Crippen molar-refractivity contribution in [1.82, 2.24) is 0 Å². The van der Waals surface area contributed by atoms with Gasteiger partial charge in [-0.05, 0) is 25.2 Å². The number of hydrogen-bond donors (Lipinski definition) is 1. The van der Waals surface area contributed by atoms with Crippen LogP contribution in [0.1, 0.15) is 47.0 Å². The number of carbonyl (C=O) groups is 1. The monoisotopic (exact) mass is 367 g/mol. The summed E-state index contributed by atoms with van der Waals surface area (Å²) in [4.78, 5) is 11.5. The van der Waals surface area contributed by atoms with Crippen molar-refractivity contribution in [3.8, 4) is 0 Å². The zero-order chi connectivity index (χ0) is 18.7. The summed E-state index contributed by atoms with van der Waals surface area (Å²) < 4.78 is 74.5. The van der Waals surface area contributed by atoms with Crippen LogP contribution < -0.4 is 5.73 Å². The number of nitrogens with two attached hydrogens (primary N) is 1. The third-order valence-electron chi connectivity index (χ3n) is 3.68. The van der Waals surface area contributed by atoms with Crippen molar-refractivity contribution in [3.05, 3.63) is 0 Å². The molecule has 2 nitrogen and oxygen atoms in total. The Balaban J connectivity index is 4.96. The zero-order valence-corrected chi connectivity index (χ0v) is 14.4. The lowest BCUT2D eigenvalue weighted by molar-refractivity contribution is -0.202. The fourth-order valence-electron chi connectivity index (χ4n) is 2.17. The maximum absolute atomic E-state index is 13.1. The van der Waals surface area contributed by atoms with Gasteiger partial charge in [0.05, 0.1) is 17.1 Å². The van der Waals surface area contributed by atoms with Gasteiger partial charge in [-0.1, -0.05) is 20.8 Å². The maximum atomic E-state index is 13.1. The van der Waals surface area contributed by atoms with Crippen LogP contribution in [0.2, 0.25) is 0 Å². The van der Waals surface area contributed by atoms with Crippen molar-refractivity contribution in [2.24, 2.45) is 17.1 Å². The molecule has 1 amide bonds. The molecule has 23 heavy (non-hydrogen) atoms. The largest absolute Gasteiger partial charge is 0.392 e. The number of thioether (sulfide) groups is 1. The Labute approximate surface area is 136 Å². The van der Waals surface area contributed by atoms with E-state index in [1.165, 1.54) is 27.7 Å². The predicted molar refractivity (Wildman–Crippen MR) is 79.0 cm³/mol. The fourth-order valence-corrected chi connectivity index (χ4v) is 3.35. The highest BCUT2D eigenvalue weighted by molar-refractivity contribution is 8.01. The number of hydrogen-bond acceptors (Lipinski definition) is 2. The zero-order valence-electron chi connectivity index (χ0n) is 13.6. The van der Waals surface area contributed by atoms with Crippen LogP contribution >= 0.6 is 11.8 Å². The molecule has 0 saturated carbocycles. The molecule has 2 unspecified atom stereocenters. The van der Waals surface area contributed by atoms with Gasteiger partial charge >= 0.3 is 12.4 Å². The molecular weight excluding hydrogens is 344 g/mol. The fraction of sp³-hybridized carbons (Fsp3) is 0.929. The minimum Gasteiger partial charge on any atom is -0.368 e. The molecule has 0 rings (SSSR count). The summed E-state index contributed by atoms with van der Waals surface area (Å²) in [6.45, 7) is 5.60. The third kappa shape index (κ3) is 8.17. The summed E-state index contributed by atoms with van der Waals surface area (Å²) in [6.07, 6.45) is -10.6. The lowest BCUT2D eigenvalue weighted by Gasteiger charge is -2.35. The molecule has 0 aliphatic carbocycles. The van der Waals surface area contributed by atoms with Crippen LogP contribution in [0.4, 0.5) is 26.3 Å². The number of carbonyl (C=O) groups excluding carboxylic acids is 1. The number of rotatable bonds is 7. The van der Waals surface area contributed by atoms with E-state index in [4.69, 9.17) is 5.73 Å². The van der Waals surface area contributed by atoms with E-state index in [-0.39, 0.29) is 12.8 Å². The van der Waals surface area contributed by atoms with Crippen LogP contribution in [-0.4, -0.2) is 28.8 Å². The second kappa shape index (κ2) is 7.53. The lowest BCUT2D eigenvalue weighted by atomic mass is 9.76. The minimum atomic E-state index is -4.45. The summed E-state index contributed by atoms with van der Waals surface area (Å²) in [7, 11) is 0. The van der Waals surface area contributed by atoms with Crippen LogP contribution in [-0.2, 0) is 4.79 Å². The molecule has 0 aromatic rings. The van der Waals surface area contributed by atoms with Gasteiger partial charge in [-0.2, -0.15) is 26.3 Å². The van der Waals surface area contributed by atoms with Crippen molar-refractivity contribution in [1.29, 1.82) is 0 Å². The summed E-state index contributed by atoms with van der Waals surface area (Å²) in [6, 6.07) is 0. The molecule has 9 heteroatoms. The van der Waals surface area contributed by atoms with Gasteiger partial charge in [0.25, 0.3) is 0 Å². The highest BCUT2D eigenvalue weighted by Gasteiger charge is 2.47. The Kier molecular flexibility index (Phi) is 7.33. The summed E-state index contributed by atoms with van der Waals surface area (Å²) in [5.41, 5.74) is 4.13. The molecule has 2 atom stereocenters. The van der Waals surface area contributed by atoms with E-state index in [0.29, 0.717) is 11.8 Å². The smallest absolute Gasteiger partial charge is 0.368 e. The van der Waals surface area contributed by atoms with Gasteiger partial charge < -0.3 is 5.73 Å². The average Bonchev–Trinajstić information content (AvgIpc) is 2.22. The van der Waals surface area contributed by atoms with E-state index in [1.807, 2.05) is 0 Å². The molecule has 0 aromatic carbocycles. The third-order valence-corrected chi connectivity index (χ3v) is 5.13. The SMILES string of the molecule is CC(CCC(C(C)(C)C)C(F)(F)F)(SCCC(F)(F)F)C(N)=O. The first kappa shape index (κ1) is 22.4. The number of amides is 1. The molecule has 138 valence electrons. The van der Waals surface area contributed by atoms with Gasteiger partial charge in [-0.25, -0.2) is 0 Å². The Hall–Kier alpha value is -0.600. The summed E-state index contributed by atoms with van der Waals surface area (Å²) in [5, 5.41) is 0. The van der Waals surface area contributed by atoms with E-state index in [9.17, 15) is 31.1 Å². The molecule has 0 bridgehead atoms. The van der Waals surface area contributed by atoms with Gasteiger partial charge in [0, 0.05) is 5.75 Å². The molecule has 0 aromatic heterocycles. The molecule has 2 N–H and O–H groups in total. The number of primary amides is 1. The second-order valence-electron chi connectivity index (χ2n) is 6.81. The molecule has 0 aliphatic rings. The predicted octanol–water partition coefficient (Wildman–Crippen LogP) is 4.92. The molecule has 0 aliphatic heterocycles. The molecular formula is C14H23F6NOS. The van der Waals surface area contributed by atoms with Gasteiger partial charge in [0.15, 0.2) is 0 Å². The van der Waals surface area contributed by atoms with Crippen molar-refractivity contribution >= 4 is 17.7 Å². The molecule has 0 heterocycles.